The molecular formula is C24H15Cl2N3OS2. The number of pyridine rings is 1. The van der Waals surface area contributed by atoms with E-state index in [2.05, 4.69) is 23.3 Å². The molecule has 0 saturated heterocycles. The number of hydrogen-bond donors (Lipinski definition) is 1. The second-order valence-electron chi connectivity index (χ2n) is 7.10. The lowest BCUT2D eigenvalue weighted by Crippen LogP contribution is -2.13. The zero-order valence-electron chi connectivity index (χ0n) is 16.7. The maximum absolute atomic E-state index is 13.3. The van der Waals surface area contributed by atoms with E-state index in [-0.39, 0.29) is 5.91 Å². The predicted molar refractivity (Wildman–Crippen MR) is 135 cm³/mol. The zero-order chi connectivity index (χ0) is 22.2. The highest BCUT2D eigenvalue weighted by Crippen LogP contribution is 2.33. The number of carbonyl (C=O) groups is 1. The number of anilines is 1. The molecular weight excluding hydrogens is 481 g/mol. The summed E-state index contributed by atoms with van der Waals surface area (Å²) in [5.41, 5.74) is 3.55. The van der Waals surface area contributed by atoms with E-state index in [4.69, 9.17) is 28.2 Å². The standard InChI is InChI=1S/C24H15Cl2N3OS2/c1-13-6-9-22(32-13)20-11-17(15-4-2-3-5-19(15)27-20)23(30)29-24-28-21(12-31-24)16-8-7-14(25)10-18(16)26/h2-12H,1H3,(H,28,29,30). The van der Waals surface area contributed by atoms with Crippen molar-refractivity contribution in [1.82, 2.24) is 9.97 Å². The second-order valence-corrected chi connectivity index (χ2v) is 10.1. The van der Waals surface area contributed by atoms with Crippen LogP contribution in [0.5, 0.6) is 0 Å². The van der Waals surface area contributed by atoms with Gasteiger partial charge in [-0.2, -0.15) is 0 Å². The van der Waals surface area contributed by atoms with Gasteiger partial charge in [0.2, 0.25) is 0 Å². The summed E-state index contributed by atoms with van der Waals surface area (Å²) in [6.45, 7) is 2.05. The van der Waals surface area contributed by atoms with Crippen LogP contribution in [0.3, 0.4) is 0 Å². The van der Waals surface area contributed by atoms with Crippen LogP contribution < -0.4 is 5.32 Å². The minimum Gasteiger partial charge on any atom is -0.298 e. The van der Waals surface area contributed by atoms with Gasteiger partial charge in [0, 0.05) is 26.2 Å². The quantitative estimate of drug-likeness (QED) is 0.275. The Hall–Kier alpha value is -2.77. The Morgan fingerprint density at radius 1 is 0.969 bits per heavy atom. The van der Waals surface area contributed by atoms with Crippen molar-refractivity contribution in [2.75, 3.05) is 5.32 Å². The number of hydrogen-bond acceptors (Lipinski definition) is 5. The molecule has 0 aliphatic carbocycles. The lowest BCUT2D eigenvalue weighted by molar-refractivity contribution is 0.102. The molecule has 2 aromatic carbocycles. The van der Waals surface area contributed by atoms with Crippen molar-refractivity contribution in [3.05, 3.63) is 86.5 Å². The van der Waals surface area contributed by atoms with Crippen molar-refractivity contribution in [2.24, 2.45) is 0 Å². The highest BCUT2D eigenvalue weighted by molar-refractivity contribution is 7.15. The molecule has 0 spiro atoms. The van der Waals surface area contributed by atoms with Gasteiger partial charge in [0.1, 0.15) is 0 Å². The normalized spacial score (nSPS) is 11.1. The van der Waals surface area contributed by atoms with Crippen LogP contribution >= 0.6 is 45.9 Å². The maximum Gasteiger partial charge on any atom is 0.258 e. The lowest BCUT2D eigenvalue weighted by atomic mass is 10.1. The third-order valence-corrected chi connectivity index (χ3v) is 7.21. The van der Waals surface area contributed by atoms with Gasteiger partial charge >= 0.3 is 0 Å². The molecule has 0 radical (unpaired) electrons. The minimum absolute atomic E-state index is 0.235. The molecule has 158 valence electrons. The largest absolute Gasteiger partial charge is 0.298 e. The van der Waals surface area contributed by atoms with Crippen LogP contribution in [-0.2, 0) is 0 Å². The number of fused-ring (bicyclic) bond motifs is 1. The van der Waals surface area contributed by atoms with Gasteiger partial charge in [-0.05, 0) is 49.4 Å². The fourth-order valence-corrected chi connectivity index (χ4v) is 5.42. The van der Waals surface area contributed by atoms with Crippen molar-refractivity contribution < 1.29 is 4.79 Å². The number of carbonyl (C=O) groups excluding carboxylic acids is 1. The van der Waals surface area contributed by atoms with E-state index < -0.39 is 0 Å². The highest BCUT2D eigenvalue weighted by atomic mass is 35.5. The molecule has 0 saturated carbocycles. The van der Waals surface area contributed by atoms with E-state index in [1.54, 1.807) is 23.5 Å². The first-order valence-electron chi connectivity index (χ1n) is 9.67. The Morgan fingerprint density at radius 3 is 2.59 bits per heavy atom. The summed E-state index contributed by atoms with van der Waals surface area (Å²) in [5.74, 6) is -0.235. The summed E-state index contributed by atoms with van der Waals surface area (Å²) in [5, 5.41) is 7.14. The van der Waals surface area contributed by atoms with Gasteiger partial charge in [0.05, 0.1) is 32.4 Å². The average molecular weight is 496 g/mol. The molecule has 0 unspecified atom stereocenters. The third-order valence-electron chi connectivity index (χ3n) is 4.89. The Labute approximate surface area is 202 Å². The number of rotatable bonds is 4. The van der Waals surface area contributed by atoms with Crippen LogP contribution in [0.2, 0.25) is 10.0 Å². The van der Waals surface area contributed by atoms with E-state index in [9.17, 15) is 4.79 Å². The Balaban J connectivity index is 1.49. The first-order chi connectivity index (χ1) is 15.5. The molecule has 5 rings (SSSR count). The van der Waals surface area contributed by atoms with Crippen LogP contribution in [0.4, 0.5) is 5.13 Å². The minimum atomic E-state index is -0.235. The van der Waals surface area contributed by atoms with Gasteiger partial charge in [-0.3, -0.25) is 10.1 Å². The van der Waals surface area contributed by atoms with E-state index in [1.165, 1.54) is 16.2 Å². The number of benzene rings is 2. The average Bonchev–Trinajstić information content (AvgIpc) is 3.42. The fourth-order valence-electron chi connectivity index (χ4n) is 3.38. The third kappa shape index (κ3) is 4.14. The number of aromatic nitrogens is 2. The lowest BCUT2D eigenvalue weighted by Gasteiger charge is -2.08. The molecule has 1 amide bonds. The topological polar surface area (TPSA) is 54.9 Å². The van der Waals surface area contributed by atoms with Gasteiger partial charge < -0.3 is 0 Å². The Morgan fingerprint density at radius 2 is 1.81 bits per heavy atom. The van der Waals surface area contributed by atoms with Gasteiger partial charge in [-0.25, -0.2) is 9.97 Å². The number of amides is 1. The van der Waals surface area contributed by atoms with Crippen LogP contribution in [0.25, 0.3) is 32.7 Å². The number of nitrogens with one attached hydrogen (secondary N) is 1. The second kappa shape index (κ2) is 8.64. The maximum atomic E-state index is 13.3. The van der Waals surface area contributed by atoms with E-state index in [0.717, 1.165) is 27.0 Å². The molecule has 0 bridgehead atoms. The van der Waals surface area contributed by atoms with Crippen molar-refractivity contribution >= 4 is 67.8 Å². The zero-order valence-corrected chi connectivity index (χ0v) is 19.9. The fraction of sp³-hybridized carbons (Fsp3) is 0.0417. The molecule has 3 heterocycles. The summed E-state index contributed by atoms with van der Waals surface area (Å²) in [6, 6.07) is 18.8. The predicted octanol–water partition coefficient (Wildman–Crippen LogP) is 7.95. The van der Waals surface area contributed by atoms with E-state index >= 15 is 0 Å². The number of nitrogens with zero attached hydrogens (tertiary/aromatic N) is 2. The molecule has 0 aliphatic rings. The van der Waals surface area contributed by atoms with Gasteiger partial charge in [0.15, 0.2) is 5.13 Å². The van der Waals surface area contributed by atoms with Crippen molar-refractivity contribution in [3.8, 4) is 21.8 Å². The molecule has 0 atom stereocenters. The van der Waals surface area contributed by atoms with Gasteiger partial charge in [-0.1, -0.05) is 41.4 Å². The first kappa shape index (κ1) is 21.1. The number of halogens is 2. The number of thiazole rings is 1. The van der Waals surface area contributed by atoms with Gasteiger partial charge in [-0.15, -0.1) is 22.7 Å². The summed E-state index contributed by atoms with van der Waals surface area (Å²) in [7, 11) is 0. The molecule has 0 aliphatic heterocycles. The summed E-state index contributed by atoms with van der Waals surface area (Å²) >= 11 is 15.3. The molecule has 1 N–H and O–H groups in total. The van der Waals surface area contributed by atoms with Crippen molar-refractivity contribution in [1.29, 1.82) is 0 Å². The van der Waals surface area contributed by atoms with Gasteiger partial charge in [0.25, 0.3) is 5.91 Å². The summed E-state index contributed by atoms with van der Waals surface area (Å²) in [6.07, 6.45) is 0. The van der Waals surface area contributed by atoms with Crippen LogP contribution in [0.1, 0.15) is 15.2 Å². The van der Waals surface area contributed by atoms with E-state index in [0.29, 0.717) is 26.4 Å². The summed E-state index contributed by atoms with van der Waals surface area (Å²) in [4.78, 5) is 24.8. The highest BCUT2D eigenvalue weighted by Gasteiger charge is 2.17. The molecule has 8 heteroatoms. The molecule has 4 nitrogen and oxygen atoms in total. The molecule has 5 aromatic rings. The SMILES string of the molecule is Cc1ccc(-c2cc(C(=O)Nc3nc(-c4ccc(Cl)cc4Cl)cs3)c3ccccc3n2)s1. The monoisotopic (exact) mass is 495 g/mol. The Kier molecular flexibility index (Phi) is 5.69. The molecule has 0 fully saturated rings. The van der Waals surface area contributed by atoms with Crippen LogP contribution in [0.15, 0.2) is 66.0 Å². The Bertz CT molecular complexity index is 1480. The molecule has 3 aromatic heterocycles. The number of para-hydroxylation sites is 1. The van der Waals surface area contributed by atoms with Crippen molar-refractivity contribution in [3.63, 3.8) is 0 Å². The number of thiophene rings is 1. The first-order valence-corrected chi connectivity index (χ1v) is 12.1. The van der Waals surface area contributed by atoms with Crippen molar-refractivity contribution in [2.45, 2.75) is 6.92 Å². The number of aryl methyl sites for hydroxylation is 1. The van der Waals surface area contributed by atoms with E-state index in [1.807, 2.05) is 47.8 Å². The van der Waals surface area contributed by atoms with Crippen LogP contribution in [0, 0.1) is 6.92 Å². The summed E-state index contributed by atoms with van der Waals surface area (Å²) < 4.78 is 0. The van der Waals surface area contributed by atoms with Crippen LogP contribution in [-0.4, -0.2) is 15.9 Å². The molecule has 32 heavy (non-hydrogen) atoms. The smallest absolute Gasteiger partial charge is 0.258 e.